The summed E-state index contributed by atoms with van der Waals surface area (Å²) in [5, 5.41) is 9.49. The Morgan fingerprint density at radius 2 is 2.15 bits per heavy atom. The first-order chi connectivity index (χ1) is 6.15. The van der Waals surface area contributed by atoms with E-state index in [9.17, 15) is 5.11 Å². The van der Waals surface area contributed by atoms with Gasteiger partial charge in [-0.25, -0.2) is 0 Å². The molecule has 0 aliphatic heterocycles. The minimum absolute atomic E-state index is 0.261. The lowest BCUT2D eigenvalue weighted by molar-refractivity contribution is 0.187. The van der Waals surface area contributed by atoms with E-state index in [0.717, 1.165) is 11.3 Å². The second-order valence-corrected chi connectivity index (χ2v) is 3.24. The summed E-state index contributed by atoms with van der Waals surface area (Å²) in [6, 6.07) is 7.73. The number of hydrogen-bond acceptors (Lipinski definition) is 3. The summed E-state index contributed by atoms with van der Waals surface area (Å²) in [6.45, 7) is 0.261. The van der Waals surface area contributed by atoms with E-state index in [1.807, 2.05) is 43.3 Å². The van der Waals surface area contributed by atoms with Crippen LogP contribution in [0.1, 0.15) is 11.7 Å². The van der Waals surface area contributed by atoms with Gasteiger partial charge in [0.25, 0.3) is 0 Å². The normalized spacial score (nSPS) is 12.6. The van der Waals surface area contributed by atoms with Gasteiger partial charge in [0.2, 0.25) is 0 Å². The average Bonchev–Trinajstić information content (AvgIpc) is 2.17. The van der Waals surface area contributed by atoms with Crippen LogP contribution in [0.5, 0.6) is 0 Å². The highest BCUT2D eigenvalue weighted by Gasteiger charge is 2.05. The van der Waals surface area contributed by atoms with Crippen LogP contribution in [0.3, 0.4) is 0 Å². The van der Waals surface area contributed by atoms with E-state index in [1.165, 1.54) is 0 Å². The molecular formula is C10H16N2O. The largest absolute Gasteiger partial charge is 0.387 e. The first-order valence-corrected chi connectivity index (χ1v) is 4.30. The van der Waals surface area contributed by atoms with E-state index < -0.39 is 6.10 Å². The topological polar surface area (TPSA) is 49.5 Å². The van der Waals surface area contributed by atoms with Crippen molar-refractivity contribution in [1.82, 2.24) is 0 Å². The van der Waals surface area contributed by atoms with Crippen molar-refractivity contribution in [3.05, 3.63) is 29.8 Å². The van der Waals surface area contributed by atoms with Gasteiger partial charge in [-0.05, 0) is 17.7 Å². The lowest BCUT2D eigenvalue weighted by Gasteiger charge is -2.15. The summed E-state index contributed by atoms with van der Waals surface area (Å²) in [5.74, 6) is 0. The van der Waals surface area contributed by atoms with Gasteiger partial charge in [-0.15, -0.1) is 0 Å². The Hall–Kier alpha value is -1.06. The highest BCUT2D eigenvalue weighted by Crippen LogP contribution is 2.18. The Kier molecular flexibility index (Phi) is 3.28. The Morgan fingerprint density at radius 3 is 2.69 bits per heavy atom. The molecule has 1 atom stereocenters. The number of benzene rings is 1. The monoisotopic (exact) mass is 180 g/mol. The first-order valence-electron chi connectivity index (χ1n) is 4.30. The lowest BCUT2D eigenvalue weighted by Crippen LogP contribution is -2.13. The molecule has 0 saturated heterocycles. The molecule has 3 N–H and O–H groups in total. The lowest BCUT2D eigenvalue weighted by atomic mass is 10.1. The van der Waals surface area contributed by atoms with Crippen LogP contribution in [0.4, 0.5) is 5.69 Å². The molecule has 0 aliphatic rings. The van der Waals surface area contributed by atoms with Gasteiger partial charge in [0.1, 0.15) is 0 Å². The molecule has 0 heterocycles. The van der Waals surface area contributed by atoms with Gasteiger partial charge in [-0.2, -0.15) is 0 Å². The molecule has 72 valence electrons. The maximum Gasteiger partial charge on any atom is 0.0912 e. The van der Waals surface area contributed by atoms with Crippen LogP contribution in [0.2, 0.25) is 0 Å². The van der Waals surface area contributed by atoms with Crippen molar-refractivity contribution in [1.29, 1.82) is 0 Å². The molecule has 1 rings (SSSR count). The number of aliphatic hydroxyl groups is 1. The van der Waals surface area contributed by atoms with Crippen molar-refractivity contribution < 1.29 is 5.11 Å². The Labute approximate surface area is 78.8 Å². The summed E-state index contributed by atoms with van der Waals surface area (Å²) in [6.07, 6.45) is -0.556. The van der Waals surface area contributed by atoms with Crippen LogP contribution in [-0.4, -0.2) is 25.7 Å². The molecule has 3 nitrogen and oxygen atoms in total. The zero-order chi connectivity index (χ0) is 9.84. The van der Waals surface area contributed by atoms with Crippen molar-refractivity contribution in [3.8, 4) is 0 Å². The number of nitrogens with zero attached hydrogens (tertiary/aromatic N) is 1. The highest BCUT2D eigenvalue weighted by atomic mass is 16.3. The van der Waals surface area contributed by atoms with Crippen LogP contribution in [0.15, 0.2) is 24.3 Å². The van der Waals surface area contributed by atoms with Crippen LogP contribution < -0.4 is 10.6 Å². The Morgan fingerprint density at radius 1 is 1.46 bits per heavy atom. The van der Waals surface area contributed by atoms with Gasteiger partial charge >= 0.3 is 0 Å². The van der Waals surface area contributed by atoms with E-state index in [2.05, 4.69) is 0 Å². The molecule has 1 aromatic rings. The first kappa shape index (κ1) is 10.0. The van der Waals surface area contributed by atoms with Crippen molar-refractivity contribution in [2.75, 3.05) is 25.5 Å². The maximum atomic E-state index is 9.49. The molecule has 0 saturated carbocycles. The van der Waals surface area contributed by atoms with Crippen LogP contribution in [0.25, 0.3) is 0 Å². The summed E-state index contributed by atoms with van der Waals surface area (Å²) < 4.78 is 0. The minimum Gasteiger partial charge on any atom is -0.387 e. The van der Waals surface area contributed by atoms with Gasteiger partial charge in [0.15, 0.2) is 0 Å². The number of hydrogen-bond donors (Lipinski definition) is 2. The third-order valence-electron chi connectivity index (χ3n) is 1.99. The molecule has 0 fully saturated rings. The van der Waals surface area contributed by atoms with E-state index in [4.69, 9.17) is 5.73 Å². The zero-order valence-corrected chi connectivity index (χ0v) is 8.07. The molecular weight excluding hydrogens is 164 g/mol. The Bertz CT molecular complexity index is 273. The summed E-state index contributed by atoms with van der Waals surface area (Å²) in [4.78, 5) is 1.99. The van der Waals surface area contributed by atoms with Crippen molar-refractivity contribution in [3.63, 3.8) is 0 Å². The van der Waals surface area contributed by atoms with Crippen LogP contribution >= 0.6 is 0 Å². The van der Waals surface area contributed by atoms with E-state index in [1.54, 1.807) is 0 Å². The molecule has 3 heteroatoms. The SMILES string of the molecule is CN(C)c1cccc(C(O)CN)c1. The van der Waals surface area contributed by atoms with Gasteiger partial charge in [-0.1, -0.05) is 12.1 Å². The quantitative estimate of drug-likeness (QED) is 0.721. The fourth-order valence-electron chi connectivity index (χ4n) is 1.15. The fraction of sp³-hybridized carbons (Fsp3) is 0.400. The second-order valence-electron chi connectivity index (χ2n) is 3.24. The summed E-state index contributed by atoms with van der Waals surface area (Å²) in [7, 11) is 3.93. The van der Waals surface area contributed by atoms with Crippen LogP contribution in [0, 0.1) is 0 Å². The van der Waals surface area contributed by atoms with Gasteiger partial charge < -0.3 is 15.7 Å². The molecule has 0 aromatic heterocycles. The molecule has 0 aliphatic carbocycles. The molecule has 0 spiro atoms. The number of aliphatic hydroxyl groups excluding tert-OH is 1. The third kappa shape index (κ3) is 2.44. The van der Waals surface area contributed by atoms with E-state index in [-0.39, 0.29) is 6.54 Å². The van der Waals surface area contributed by atoms with E-state index >= 15 is 0 Å². The fourth-order valence-corrected chi connectivity index (χ4v) is 1.15. The molecule has 1 unspecified atom stereocenters. The highest BCUT2D eigenvalue weighted by molar-refractivity contribution is 5.47. The maximum absolute atomic E-state index is 9.49. The van der Waals surface area contributed by atoms with Gasteiger partial charge in [-0.3, -0.25) is 0 Å². The van der Waals surface area contributed by atoms with E-state index in [0.29, 0.717) is 0 Å². The second kappa shape index (κ2) is 4.25. The third-order valence-corrected chi connectivity index (χ3v) is 1.99. The number of anilines is 1. The summed E-state index contributed by atoms with van der Waals surface area (Å²) in [5.41, 5.74) is 7.31. The van der Waals surface area contributed by atoms with Gasteiger partial charge in [0, 0.05) is 26.3 Å². The molecule has 0 bridgehead atoms. The molecule has 1 aromatic carbocycles. The predicted molar refractivity (Wildman–Crippen MR) is 54.8 cm³/mol. The molecule has 0 amide bonds. The number of rotatable bonds is 3. The van der Waals surface area contributed by atoms with Crippen molar-refractivity contribution in [2.24, 2.45) is 5.73 Å². The van der Waals surface area contributed by atoms with Crippen LogP contribution in [-0.2, 0) is 0 Å². The average molecular weight is 180 g/mol. The standard InChI is InChI=1S/C10H16N2O/c1-12(2)9-5-3-4-8(6-9)10(13)7-11/h3-6,10,13H,7,11H2,1-2H3. The van der Waals surface area contributed by atoms with Crippen molar-refractivity contribution >= 4 is 5.69 Å². The summed E-state index contributed by atoms with van der Waals surface area (Å²) >= 11 is 0. The molecule has 13 heavy (non-hydrogen) atoms. The molecule has 0 radical (unpaired) electrons. The van der Waals surface area contributed by atoms with Gasteiger partial charge in [0.05, 0.1) is 6.10 Å². The minimum atomic E-state index is -0.556. The predicted octanol–water partition coefficient (Wildman–Crippen LogP) is 0.745. The van der Waals surface area contributed by atoms with Crippen molar-refractivity contribution in [2.45, 2.75) is 6.10 Å². The smallest absolute Gasteiger partial charge is 0.0912 e. The Balaban J connectivity index is 2.91. The zero-order valence-electron chi connectivity index (χ0n) is 8.07. The number of nitrogens with two attached hydrogens (primary N) is 1.